The Kier molecular flexibility index (Phi) is 5.02. The summed E-state index contributed by atoms with van der Waals surface area (Å²) < 4.78 is 2.09. The molecule has 2 heterocycles. The second kappa shape index (κ2) is 6.64. The van der Waals surface area contributed by atoms with E-state index in [1.54, 1.807) is 0 Å². The van der Waals surface area contributed by atoms with Gasteiger partial charge in [-0.25, -0.2) is 9.97 Å². The standard InChI is InChI=1S/C17H21N5.ClH/c1-17(2,3)16-20-14(18-4)13-15(21-16)22(11-19-13)10-12-8-6-5-7-9-12;/h5-9,11H,10H2,1-4H3,(H,18,20,21);1H. The smallest absolute Gasteiger partial charge is 0.256 e. The molecule has 0 aliphatic carbocycles. The van der Waals surface area contributed by atoms with Crippen LogP contribution in [-0.2, 0) is 12.0 Å². The SMILES string of the molecule is C[NH2+]c1nc(C(C)(C)C)nc2c1ncn2Cc1ccccc1.[Cl-]. The largest absolute Gasteiger partial charge is 1.00 e. The molecule has 0 fully saturated rings. The number of nitrogens with zero attached hydrogens (tertiary/aromatic N) is 4. The Balaban J connectivity index is 0.00000192. The molecule has 23 heavy (non-hydrogen) atoms. The molecule has 2 N–H and O–H groups in total. The van der Waals surface area contributed by atoms with E-state index in [4.69, 9.17) is 4.98 Å². The molecule has 0 saturated carbocycles. The van der Waals surface area contributed by atoms with Crippen LogP contribution in [0.3, 0.4) is 0 Å². The summed E-state index contributed by atoms with van der Waals surface area (Å²) in [5.41, 5.74) is 2.91. The number of benzene rings is 1. The molecule has 0 radical (unpaired) electrons. The lowest BCUT2D eigenvalue weighted by molar-refractivity contribution is -0.542. The number of hydrogen-bond donors (Lipinski definition) is 1. The topological polar surface area (TPSA) is 60.2 Å². The number of hydrogen-bond acceptors (Lipinski definition) is 3. The highest BCUT2D eigenvalue weighted by molar-refractivity contribution is 5.79. The van der Waals surface area contributed by atoms with Crippen molar-refractivity contribution in [3.8, 4) is 0 Å². The summed E-state index contributed by atoms with van der Waals surface area (Å²) >= 11 is 0. The quantitative estimate of drug-likeness (QED) is 0.670. The summed E-state index contributed by atoms with van der Waals surface area (Å²) in [4.78, 5) is 14.0. The molecule has 0 aliphatic heterocycles. The van der Waals surface area contributed by atoms with E-state index in [2.05, 4.69) is 59.6 Å². The van der Waals surface area contributed by atoms with E-state index in [9.17, 15) is 0 Å². The number of quaternary nitrogens is 1. The van der Waals surface area contributed by atoms with Gasteiger partial charge in [0.1, 0.15) is 5.82 Å². The van der Waals surface area contributed by atoms with Gasteiger partial charge >= 0.3 is 0 Å². The minimum atomic E-state index is -0.0895. The van der Waals surface area contributed by atoms with Crippen LogP contribution >= 0.6 is 0 Å². The van der Waals surface area contributed by atoms with Gasteiger partial charge in [-0.2, -0.15) is 4.98 Å². The summed E-state index contributed by atoms with van der Waals surface area (Å²) in [6.45, 7) is 7.16. The van der Waals surface area contributed by atoms with Gasteiger partial charge in [-0.05, 0) is 5.56 Å². The first kappa shape index (κ1) is 17.4. The van der Waals surface area contributed by atoms with Crippen LogP contribution in [-0.4, -0.2) is 26.6 Å². The van der Waals surface area contributed by atoms with Crippen LogP contribution in [0, 0.1) is 0 Å². The third kappa shape index (κ3) is 3.51. The third-order valence-electron chi connectivity index (χ3n) is 3.63. The monoisotopic (exact) mass is 331 g/mol. The first-order valence-corrected chi connectivity index (χ1v) is 7.55. The van der Waals surface area contributed by atoms with Crippen LogP contribution in [0.25, 0.3) is 11.2 Å². The molecule has 0 spiro atoms. The van der Waals surface area contributed by atoms with Crippen molar-refractivity contribution in [3.05, 3.63) is 48.0 Å². The maximum Gasteiger partial charge on any atom is 0.256 e. The highest BCUT2D eigenvalue weighted by Crippen LogP contribution is 2.23. The van der Waals surface area contributed by atoms with Crippen LogP contribution in [0.1, 0.15) is 32.2 Å². The first-order chi connectivity index (χ1) is 10.5. The second-order valence-electron chi connectivity index (χ2n) is 6.50. The molecule has 122 valence electrons. The summed E-state index contributed by atoms with van der Waals surface area (Å²) in [6, 6.07) is 10.4. The van der Waals surface area contributed by atoms with Gasteiger partial charge in [0.2, 0.25) is 0 Å². The molecule has 0 saturated heterocycles. The predicted octanol–water partition coefficient (Wildman–Crippen LogP) is -0.999. The highest BCUT2D eigenvalue weighted by atomic mass is 35.5. The summed E-state index contributed by atoms with van der Waals surface area (Å²) in [5.74, 6) is 1.75. The Bertz CT molecular complexity index is 790. The fourth-order valence-electron chi connectivity index (χ4n) is 2.40. The Morgan fingerprint density at radius 2 is 1.78 bits per heavy atom. The lowest BCUT2D eigenvalue weighted by Gasteiger charge is -2.16. The van der Waals surface area contributed by atoms with Crippen molar-refractivity contribution < 1.29 is 17.7 Å². The number of rotatable bonds is 3. The molecule has 1 aromatic carbocycles. The summed E-state index contributed by atoms with van der Waals surface area (Å²) in [5, 5.41) is 2.00. The van der Waals surface area contributed by atoms with E-state index in [0.29, 0.717) is 0 Å². The van der Waals surface area contributed by atoms with Crippen LogP contribution in [0.4, 0.5) is 5.82 Å². The minimum Gasteiger partial charge on any atom is -1.00 e. The molecule has 0 atom stereocenters. The van der Waals surface area contributed by atoms with Crippen molar-refractivity contribution in [1.29, 1.82) is 0 Å². The van der Waals surface area contributed by atoms with Gasteiger partial charge in [0.05, 0.1) is 19.9 Å². The Morgan fingerprint density at radius 3 is 2.39 bits per heavy atom. The number of nitrogens with two attached hydrogens (primary N) is 1. The Labute approximate surface area is 142 Å². The predicted molar refractivity (Wildman–Crippen MR) is 87.1 cm³/mol. The number of halogens is 1. The van der Waals surface area contributed by atoms with E-state index >= 15 is 0 Å². The van der Waals surface area contributed by atoms with Crippen LogP contribution < -0.4 is 17.7 Å². The lowest BCUT2D eigenvalue weighted by atomic mass is 9.96. The molecule has 0 amide bonds. The fourth-order valence-corrected chi connectivity index (χ4v) is 2.40. The maximum absolute atomic E-state index is 4.78. The molecule has 0 bridgehead atoms. The van der Waals surface area contributed by atoms with Crippen molar-refractivity contribution in [1.82, 2.24) is 19.5 Å². The number of fused-ring (bicyclic) bond motifs is 1. The van der Waals surface area contributed by atoms with Gasteiger partial charge in [0, 0.05) is 5.41 Å². The van der Waals surface area contributed by atoms with E-state index in [0.717, 1.165) is 29.4 Å². The molecule has 3 aromatic rings. The molecule has 0 unspecified atom stereocenters. The zero-order valence-electron chi connectivity index (χ0n) is 13.9. The van der Waals surface area contributed by atoms with Crippen molar-refractivity contribution in [2.45, 2.75) is 32.7 Å². The van der Waals surface area contributed by atoms with E-state index in [1.165, 1.54) is 5.56 Å². The maximum atomic E-state index is 4.78. The second-order valence-corrected chi connectivity index (χ2v) is 6.50. The first-order valence-electron chi connectivity index (χ1n) is 7.55. The van der Waals surface area contributed by atoms with Crippen molar-refractivity contribution in [2.24, 2.45) is 0 Å². The summed E-state index contributed by atoms with van der Waals surface area (Å²) in [7, 11) is 1.99. The minimum absolute atomic E-state index is 0. The molecule has 3 rings (SSSR count). The van der Waals surface area contributed by atoms with Crippen molar-refractivity contribution in [2.75, 3.05) is 7.05 Å². The Morgan fingerprint density at radius 1 is 1.09 bits per heavy atom. The van der Waals surface area contributed by atoms with Gasteiger partial charge in [-0.3, -0.25) is 5.32 Å². The van der Waals surface area contributed by atoms with Crippen LogP contribution in [0.2, 0.25) is 0 Å². The molecule has 2 aromatic heterocycles. The Hall–Kier alpha value is -1.98. The fraction of sp³-hybridized carbons (Fsp3) is 0.353. The zero-order valence-corrected chi connectivity index (χ0v) is 14.7. The van der Waals surface area contributed by atoms with E-state index in [1.807, 2.05) is 24.8 Å². The molecule has 5 nitrogen and oxygen atoms in total. The average molecular weight is 332 g/mol. The molecular formula is C17H22ClN5. The van der Waals surface area contributed by atoms with Gasteiger partial charge in [-0.1, -0.05) is 51.1 Å². The number of aromatic nitrogens is 4. The van der Waals surface area contributed by atoms with Crippen molar-refractivity contribution >= 4 is 17.0 Å². The number of imidazole rings is 1. The van der Waals surface area contributed by atoms with E-state index in [-0.39, 0.29) is 17.8 Å². The van der Waals surface area contributed by atoms with E-state index < -0.39 is 0 Å². The van der Waals surface area contributed by atoms with Gasteiger partial charge in [0.25, 0.3) is 5.82 Å². The molecule has 6 heteroatoms. The van der Waals surface area contributed by atoms with Crippen LogP contribution in [0.15, 0.2) is 36.7 Å². The van der Waals surface area contributed by atoms with Crippen LogP contribution in [0.5, 0.6) is 0 Å². The average Bonchev–Trinajstić information content (AvgIpc) is 2.90. The van der Waals surface area contributed by atoms with Gasteiger partial charge in [0.15, 0.2) is 11.2 Å². The van der Waals surface area contributed by atoms with Gasteiger partial charge in [-0.15, -0.1) is 0 Å². The zero-order chi connectivity index (χ0) is 15.7. The van der Waals surface area contributed by atoms with Gasteiger partial charge < -0.3 is 17.0 Å². The highest BCUT2D eigenvalue weighted by Gasteiger charge is 2.23. The lowest BCUT2D eigenvalue weighted by Crippen LogP contribution is -3.00. The normalized spacial score (nSPS) is 11.5. The molecular weight excluding hydrogens is 310 g/mol. The summed E-state index contributed by atoms with van der Waals surface area (Å²) in [6.07, 6.45) is 1.85. The third-order valence-corrected chi connectivity index (χ3v) is 3.63. The molecule has 0 aliphatic rings. The van der Waals surface area contributed by atoms with Crippen molar-refractivity contribution in [3.63, 3.8) is 0 Å².